The highest BCUT2D eigenvalue weighted by molar-refractivity contribution is 7.70. The molecule has 0 bridgehead atoms. The molecule has 3 N–H and O–H groups in total. The van der Waals surface area contributed by atoms with E-state index < -0.39 is 24.7 Å². The van der Waals surface area contributed by atoms with Gasteiger partial charge in [-0.25, -0.2) is 0 Å². The molecule has 0 aliphatic heterocycles. The van der Waals surface area contributed by atoms with Crippen molar-refractivity contribution >= 4 is 24.0 Å². The molecule has 1 aromatic rings. The zero-order valence-electron chi connectivity index (χ0n) is 10.3. The molecule has 1 aromatic carbocycles. The Morgan fingerprint density at radius 3 is 2.39 bits per heavy atom. The molecule has 0 unspecified atom stereocenters. The molecule has 0 aliphatic carbocycles. The Morgan fingerprint density at radius 2 is 1.94 bits per heavy atom. The molecule has 4 nitrogen and oxygen atoms in total. The topological polar surface area (TPSA) is 72.2 Å². The van der Waals surface area contributed by atoms with Crippen LogP contribution in [0.4, 0.5) is 14.5 Å². The molecule has 0 heterocycles. The van der Waals surface area contributed by atoms with E-state index in [9.17, 15) is 18.1 Å². The van der Waals surface area contributed by atoms with E-state index in [2.05, 4.69) is 0 Å². The molecule has 0 aromatic heterocycles. The molecule has 0 fully saturated rings. The molecule has 0 aliphatic rings. The summed E-state index contributed by atoms with van der Waals surface area (Å²) in [6.45, 7) is 3.88. The third-order valence-corrected chi connectivity index (χ3v) is 3.85. The monoisotopic (exact) mass is 276 g/mol. The smallest absolute Gasteiger partial charge is 0.352 e. The van der Waals surface area contributed by atoms with Crippen LogP contribution in [0.1, 0.15) is 12.5 Å². The maximum Gasteiger partial charge on any atom is 0.352 e. The van der Waals surface area contributed by atoms with Gasteiger partial charge in [0.2, 0.25) is 5.91 Å². The standard InChI is InChI=1S/C11H15F2N2O2P/c1-7(16)15-11(12,13)8-4-5-9(14)10(6-8)18(2,3)17/h4-6H,14H2,1-3H3,(H,15,16). The Kier molecular flexibility index (Phi) is 3.81. The Balaban J connectivity index is 3.28. The fraction of sp³-hybridized carbons (Fsp3) is 0.364. The third kappa shape index (κ3) is 3.29. The summed E-state index contributed by atoms with van der Waals surface area (Å²) in [5, 5.41) is 1.72. The van der Waals surface area contributed by atoms with Crippen LogP contribution >= 0.6 is 7.14 Å². The average Bonchev–Trinajstić information content (AvgIpc) is 2.13. The lowest BCUT2D eigenvalue weighted by Crippen LogP contribution is -2.37. The second-order valence-corrected chi connectivity index (χ2v) is 7.56. The highest BCUT2D eigenvalue weighted by atomic mass is 31.2. The number of hydrogen-bond acceptors (Lipinski definition) is 3. The van der Waals surface area contributed by atoms with Gasteiger partial charge in [0.1, 0.15) is 7.14 Å². The minimum absolute atomic E-state index is 0.185. The molecule has 100 valence electrons. The molecule has 0 radical (unpaired) electrons. The van der Waals surface area contributed by atoms with E-state index in [1.165, 1.54) is 24.7 Å². The van der Waals surface area contributed by atoms with Crippen molar-refractivity contribution in [1.29, 1.82) is 0 Å². The zero-order chi connectivity index (χ0) is 14.1. The summed E-state index contributed by atoms with van der Waals surface area (Å²) in [5.41, 5.74) is 5.38. The van der Waals surface area contributed by atoms with Crippen LogP contribution in [0.25, 0.3) is 0 Å². The van der Waals surface area contributed by atoms with E-state index in [1.54, 1.807) is 0 Å². The summed E-state index contributed by atoms with van der Waals surface area (Å²) in [4.78, 5) is 10.7. The Bertz CT molecular complexity index is 526. The summed E-state index contributed by atoms with van der Waals surface area (Å²) < 4.78 is 39.2. The van der Waals surface area contributed by atoms with Gasteiger partial charge in [0.05, 0.1) is 0 Å². The molecule has 0 saturated heterocycles. The number of alkyl halides is 2. The molecule has 0 saturated carbocycles. The Hall–Kier alpha value is -1.42. The minimum Gasteiger partial charge on any atom is -0.398 e. The van der Waals surface area contributed by atoms with E-state index in [1.807, 2.05) is 0 Å². The van der Waals surface area contributed by atoms with Crippen molar-refractivity contribution in [3.05, 3.63) is 23.8 Å². The molecule has 1 rings (SSSR count). The quantitative estimate of drug-likeness (QED) is 0.501. The molecule has 0 spiro atoms. The number of anilines is 1. The average molecular weight is 276 g/mol. The van der Waals surface area contributed by atoms with Gasteiger partial charge in [-0.1, -0.05) is 0 Å². The van der Waals surface area contributed by atoms with Crippen LogP contribution < -0.4 is 16.4 Å². The number of amides is 1. The Labute approximate surface area is 104 Å². The van der Waals surface area contributed by atoms with E-state index in [0.717, 1.165) is 19.1 Å². The normalized spacial score (nSPS) is 12.3. The highest BCUT2D eigenvalue weighted by Crippen LogP contribution is 2.38. The summed E-state index contributed by atoms with van der Waals surface area (Å²) in [5.74, 6) is -0.852. The van der Waals surface area contributed by atoms with Crippen molar-refractivity contribution in [2.75, 3.05) is 19.1 Å². The van der Waals surface area contributed by atoms with E-state index in [4.69, 9.17) is 5.73 Å². The van der Waals surface area contributed by atoms with Gasteiger partial charge in [-0.15, -0.1) is 0 Å². The number of halogens is 2. The van der Waals surface area contributed by atoms with E-state index >= 15 is 0 Å². The molecule has 7 heteroatoms. The molecule has 1 amide bonds. The van der Waals surface area contributed by atoms with Crippen molar-refractivity contribution in [2.45, 2.75) is 13.0 Å². The summed E-state index contributed by atoms with van der Waals surface area (Å²) >= 11 is 0. The van der Waals surface area contributed by atoms with Gasteiger partial charge < -0.3 is 10.3 Å². The highest BCUT2D eigenvalue weighted by Gasteiger charge is 2.33. The van der Waals surface area contributed by atoms with Gasteiger partial charge in [-0.3, -0.25) is 10.1 Å². The van der Waals surface area contributed by atoms with Crippen molar-refractivity contribution in [2.24, 2.45) is 0 Å². The second-order valence-electron chi connectivity index (χ2n) is 4.38. The molecular formula is C11H15F2N2O2P. The fourth-order valence-electron chi connectivity index (χ4n) is 1.50. The van der Waals surface area contributed by atoms with Crippen LogP contribution in [0.2, 0.25) is 0 Å². The SMILES string of the molecule is CC(=O)NC(F)(F)c1ccc(N)c(P(C)(C)=O)c1. The summed E-state index contributed by atoms with van der Waals surface area (Å²) in [6.07, 6.45) is 0. The van der Waals surface area contributed by atoms with Gasteiger partial charge in [-0.2, -0.15) is 8.78 Å². The van der Waals surface area contributed by atoms with Crippen LogP contribution in [0.5, 0.6) is 0 Å². The van der Waals surface area contributed by atoms with Gasteiger partial charge in [0.25, 0.3) is 0 Å². The van der Waals surface area contributed by atoms with Gasteiger partial charge in [0, 0.05) is 23.5 Å². The van der Waals surface area contributed by atoms with Crippen molar-refractivity contribution < 1.29 is 18.1 Å². The first-order chi connectivity index (χ1) is 8.04. The lowest BCUT2D eigenvalue weighted by atomic mass is 10.1. The van der Waals surface area contributed by atoms with Gasteiger partial charge >= 0.3 is 6.05 Å². The predicted molar refractivity (Wildman–Crippen MR) is 67.7 cm³/mol. The number of hydrogen-bond donors (Lipinski definition) is 2. The van der Waals surface area contributed by atoms with Crippen LogP contribution in [0.15, 0.2) is 18.2 Å². The van der Waals surface area contributed by atoms with Gasteiger partial charge in [0.15, 0.2) is 0 Å². The summed E-state index contributed by atoms with van der Waals surface area (Å²) in [6, 6.07) is -0.0695. The first-order valence-electron chi connectivity index (χ1n) is 5.16. The Morgan fingerprint density at radius 1 is 1.39 bits per heavy atom. The lowest BCUT2D eigenvalue weighted by Gasteiger charge is -2.19. The first kappa shape index (κ1) is 14.6. The third-order valence-electron chi connectivity index (χ3n) is 2.31. The molecule has 0 atom stereocenters. The number of benzene rings is 1. The van der Waals surface area contributed by atoms with Gasteiger partial charge in [-0.05, 0) is 31.5 Å². The maximum atomic E-state index is 13.6. The minimum atomic E-state index is -3.51. The predicted octanol–water partition coefficient (Wildman–Crippen LogP) is 1.70. The first-order valence-corrected chi connectivity index (χ1v) is 7.76. The number of carbonyl (C=O) groups is 1. The van der Waals surface area contributed by atoms with Crippen molar-refractivity contribution in [1.82, 2.24) is 5.32 Å². The largest absolute Gasteiger partial charge is 0.398 e. The van der Waals surface area contributed by atoms with Crippen LogP contribution in [-0.2, 0) is 15.4 Å². The number of carbonyl (C=O) groups excluding carboxylic acids is 1. The number of nitrogens with two attached hydrogens (primary N) is 1. The van der Waals surface area contributed by atoms with E-state index in [0.29, 0.717) is 0 Å². The number of nitrogens with one attached hydrogen (secondary N) is 1. The van der Waals surface area contributed by atoms with Crippen LogP contribution in [0, 0.1) is 0 Å². The fourth-order valence-corrected chi connectivity index (χ4v) is 2.64. The summed E-state index contributed by atoms with van der Waals surface area (Å²) in [7, 11) is -2.76. The second kappa shape index (κ2) is 4.69. The number of nitrogen functional groups attached to an aromatic ring is 1. The molecule has 18 heavy (non-hydrogen) atoms. The lowest BCUT2D eigenvalue weighted by molar-refractivity contribution is -0.131. The molecular weight excluding hydrogens is 261 g/mol. The van der Waals surface area contributed by atoms with Crippen molar-refractivity contribution in [3.8, 4) is 0 Å². The van der Waals surface area contributed by atoms with Crippen LogP contribution in [0.3, 0.4) is 0 Å². The number of rotatable bonds is 3. The zero-order valence-corrected chi connectivity index (χ0v) is 11.2. The maximum absolute atomic E-state index is 13.6. The van der Waals surface area contributed by atoms with E-state index in [-0.39, 0.29) is 11.0 Å². The van der Waals surface area contributed by atoms with Crippen molar-refractivity contribution in [3.63, 3.8) is 0 Å². The van der Waals surface area contributed by atoms with Crippen LogP contribution in [-0.4, -0.2) is 19.2 Å².